The lowest BCUT2D eigenvalue weighted by Crippen LogP contribution is -1.99. The van der Waals surface area contributed by atoms with E-state index in [4.69, 9.17) is 4.74 Å². The first kappa shape index (κ1) is 24.6. The van der Waals surface area contributed by atoms with Crippen molar-refractivity contribution < 1.29 is 4.74 Å². The Hall–Kier alpha value is -2.40. The normalized spacial score (nSPS) is 9.72. The first-order valence-electron chi connectivity index (χ1n) is 10.0. The Labute approximate surface area is 180 Å². The molecule has 0 unspecified atom stereocenters. The first-order chi connectivity index (χ1) is 13.9. The number of pyridine rings is 1. The van der Waals surface area contributed by atoms with Crippen molar-refractivity contribution in [3.63, 3.8) is 0 Å². The van der Waals surface area contributed by atoms with E-state index in [-0.39, 0.29) is 0 Å². The van der Waals surface area contributed by atoms with E-state index in [1.165, 1.54) is 24.8 Å². The zero-order valence-electron chi connectivity index (χ0n) is 18.6. The fourth-order valence-corrected chi connectivity index (χ4v) is 3.13. The van der Waals surface area contributed by atoms with Gasteiger partial charge in [0.05, 0.1) is 0 Å². The summed E-state index contributed by atoms with van der Waals surface area (Å²) in [7, 11) is 1.91. The van der Waals surface area contributed by atoms with Crippen molar-refractivity contribution in [1.82, 2.24) is 4.98 Å². The smallest absolute Gasteiger partial charge is 0.221 e. The lowest BCUT2D eigenvalue weighted by atomic mass is 10.3. The van der Waals surface area contributed by atoms with Crippen LogP contribution >= 0.6 is 11.8 Å². The lowest BCUT2D eigenvalue weighted by molar-refractivity contribution is 0.462. The standard InChI is InChI=1S/C19H23N3OS.C5H12/c1-13(2)11-14(3)21-18-7-6-8-19(22-18)23-15-9-10-16(20-4)17(12-15)24-5;1-3-5-4-2/h6-12,20H,3H2,1-2,4-5H3,(H,21,22);3-5H2,1-2H3. The number of ether oxygens (including phenoxy) is 1. The highest BCUT2D eigenvalue weighted by Crippen LogP contribution is 2.31. The second kappa shape index (κ2) is 13.7. The van der Waals surface area contributed by atoms with Gasteiger partial charge in [0.25, 0.3) is 0 Å². The Kier molecular flexibility index (Phi) is 11.7. The van der Waals surface area contributed by atoms with Gasteiger partial charge in [-0.15, -0.1) is 11.8 Å². The summed E-state index contributed by atoms with van der Waals surface area (Å²) in [6, 6.07) is 11.5. The van der Waals surface area contributed by atoms with Gasteiger partial charge in [-0.05, 0) is 50.4 Å². The highest BCUT2D eigenvalue weighted by molar-refractivity contribution is 7.98. The number of benzene rings is 1. The zero-order chi connectivity index (χ0) is 21.6. The number of nitrogens with one attached hydrogen (secondary N) is 2. The quantitative estimate of drug-likeness (QED) is 0.325. The Balaban J connectivity index is 0.000000749. The molecule has 0 radical (unpaired) electrons. The molecule has 2 N–H and O–H groups in total. The third-order valence-corrected chi connectivity index (χ3v) is 4.62. The number of hydrogen-bond acceptors (Lipinski definition) is 5. The summed E-state index contributed by atoms with van der Waals surface area (Å²) in [5.41, 5.74) is 3.05. The summed E-state index contributed by atoms with van der Waals surface area (Å²) in [6.45, 7) is 12.4. The molecule has 29 heavy (non-hydrogen) atoms. The van der Waals surface area contributed by atoms with Crippen LogP contribution in [0.25, 0.3) is 0 Å². The third-order valence-electron chi connectivity index (χ3n) is 3.85. The number of nitrogens with zero attached hydrogens (tertiary/aromatic N) is 1. The van der Waals surface area contributed by atoms with Crippen LogP contribution in [-0.2, 0) is 0 Å². The molecule has 0 spiro atoms. The number of unbranched alkanes of at least 4 members (excludes halogenated alkanes) is 2. The summed E-state index contributed by atoms with van der Waals surface area (Å²) in [5.74, 6) is 1.99. The summed E-state index contributed by atoms with van der Waals surface area (Å²) in [5, 5.41) is 6.33. The van der Waals surface area contributed by atoms with Crippen LogP contribution in [-0.4, -0.2) is 18.3 Å². The third kappa shape index (κ3) is 9.57. The maximum Gasteiger partial charge on any atom is 0.221 e. The van der Waals surface area contributed by atoms with Gasteiger partial charge in [-0.2, -0.15) is 4.98 Å². The zero-order valence-corrected chi connectivity index (χ0v) is 19.5. The van der Waals surface area contributed by atoms with Crippen molar-refractivity contribution in [2.75, 3.05) is 23.9 Å². The topological polar surface area (TPSA) is 46.2 Å². The average molecular weight is 414 g/mol. The second-order valence-corrected chi connectivity index (χ2v) is 7.65. The molecule has 1 aromatic carbocycles. The van der Waals surface area contributed by atoms with Gasteiger partial charge in [0.2, 0.25) is 5.88 Å². The Morgan fingerprint density at radius 3 is 2.45 bits per heavy atom. The molecule has 1 heterocycles. The second-order valence-electron chi connectivity index (χ2n) is 6.80. The lowest BCUT2D eigenvalue weighted by Gasteiger charge is -2.11. The van der Waals surface area contributed by atoms with Crippen LogP contribution in [0.1, 0.15) is 47.0 Å². The van der Waals surface area contributed by atoms with Gasteiger partial charge >= 0.3 is 0 Å². The highest BCUT2D eigenvalue weighted by Gasteiger charge is 2.05. The minimum Gasteiger partial charge on any atom is -0.439 e. The van der Waals surface area contributed by atoms with Crippen LogP contribution in [0.3, 0.4) is 0 Å². The van der Waals surface area contributed by atoms with Crippen LogP contribution in [0.2, 0.25) is 0 Å². The number of thioether (sulfide) groups is 1. The molecule has 4 nitrogen and oxygen atoms in total. The van der Waals surface area contributed by atoms with Gasteiger partial charge in [0.15, 0.2) is 0 Å². The van der Waals surface area contributed by atoms with Crippen LogP contribution < -0.4 is 15.4 Å². The number of hydrogen-bond donors (Lipinski definition) is 2. The van der Waals surface area contributed by atoms with Gasteiger partial charge in [-0.25, -0.2) is 0 Å². The maximum absolute atomic E-state index is 5.89. The van der Waals surface area contributed by atoms with Crippen molar-refractivity contribution in [1.29, 1.82) is 0 Å². The van der Waals surface area contributed by atoms with Crippen LogP contribution in [0.15, 0.2) is 65.2 Å². The SMILES string of the molecule is C=C(C=C(C)C)Nc1cccc(Oc2ccc(NC)c(SC)c2)n1.CCCCC. The molecular formula is C24H35N3OS. The fraction of sp³-hybridized carbons (Fsp3) is 0.375. The van der Waals surface area contributed by atoms with E-state index in [0.29, 0.717) is 11.7 Å². The Morgan fingerprint density at radius 2 is 1.90 bits per heavy atom. The van der Waals surface area contributed by atoms with Crippen molar-refractivity contribution >= 4 is 23.3 Å². The van der Waals surface area contributed by atoms with Crippen LogP contribution in [0.5, 0.6) is 11.6 Å². The van der Waals surface area contributed by atoms with E-state index in [9.17, 15) is 0 Å². The summed E-state index contributed by atoms with van der Waals surface area (Å²) < 4.78 is 5.89. The van der Waals surface area contributed by atoms with E-state index < -0.39 is 0 Å². The van der Waals surface area contributed by atoms with Crippen molar-refractivity contribution in [3.05, 3.63) is 60.3 Å². The molecule has 5 heteroatoms. The van der Waals surface area contributed by atoms with E-state index in [1.807, 2.05) is 69.6 Å². The molecule has 0 atom stereocenters. The van der Waals surface area contributed by atoms with Gasteiger partial charge < -0.3 is 15.4 Å². The minimum atomic E-state index is 0.536. The molecule has 2 rings (SSSR count). The van der Waals surface area contributed by atoms with Gasteiger partial charge in [0, 0.05) is 29.4 Å². The number of allylic oxidation sites excluding steroid dienone is 2. The van der Waals surface area contributed by atoms with Gasteiger partial charge in [-0.3, -0.25) is 0 Å². The number of rotatable bonds is 9. The Morgan fingerprint density at radius 1 is 1.17 bits per heavy atom. The van der Waals surface area contributed by atoms with Crippen molar-refractivity contribution in [2.24, 2.45) is 0 Å². The fourth-order valence-electron chi connectivity index (χ4n) is 2.51. The van der Waals surface area contributed by atoms with Crippen LogP contribution in [0, 0.1) is 0 Å². The predicted octanol–water partition coefficient (Wildman–Crippen LogP) is 7.73. The molecule has 0 saturated heterocycles. The molecule has 2 aromatic rings. The molecule has 1 aromatic heterocycles. The van der Waals surface area contributed by atoms with Crippen molar-refractivity contribution in [2.45, 2.75) is 51.9 Å². The largest absolute Gasteiger partial charge is 0.439 e. The van der Waals surface area contributed by atoms with E-state index in [2.05, 4.69) is 36.0 Å². The van der Waals surface area contributed by atoms with E-state index >= 15 is 0 Å². The number of aromatic nitrogens is 1. The Bertz CT molecular complexity index is 796. The molecule has 0 aliphatic heterocycles. The van der Waals surface area contributed by atoms with Gasteiger partial charge in [-0.1, -0.05) is 51.3 Å². The van der Waals surface area contributed by atoms with Crippen molar-refractivity contribution in [3.8, 4) is 11.6 Å². The number of anilines is 2. The molecule has 0 saturated carbocycles. The van der Waals surface area contributed by atoms with E-state index in [1.54, 1.807) is 11.8 Å². The molecule has 0 aliphatic carbocycles. The molecule has 0 amide bonds. The molecular weight excluding hydrogens is 378 g/mol. The molecule has 0 fully saturated rings. The highest BCUT2D eigenvalue weighted by atomic mass is 32.2. The van der Waals surface area contributed by atoms with Crippen LogP contribution in [0.4, 0.5) is 11.5 Å². The van der Waals surface area contributed by atoms with Gasteiger partial charge in [0.1, 0.15) is 11.6 Å². The molecule has 0 aliphatic rings. The average Bonchev–Trinajstić information content (AvgIpc) is 2.68. The maximum atomic E-state index is 5.89. The summed E-state index contributed by atoms with van der Waals surface area (Å²) in [6.07, 6.45) is 8.08. The molecule has 0 bridgehead atoms. The summed E-state index contributed by atoms with van der Waals surface area (Å²) in [4.78, 5) is 5.59. The minimum absolute atomic E-state index is 0.536. The van der Waals surface area contributed by atoms with E-state index in [0.717, 1.165) is 22.0 Å². The summed E-state index contributed by atoms with van der Waals surface area (Å²) >= 11 is 1.67. The monoisotopic (exact) mass is 413 g/mol. The predicted molar refractivity (Wildman–Crippen MR) is 129 cm³/mol. The first-order valence-corrected chi connectivity index (χ1v) is 11.3. The molecule has 158 valence electrons.